The lowest BCUT2D eigenvalue weighted by Crippen LogP contribution is -2.32. The third kappa shape index (κ3) is 4.31. The molecular formula is C14H19N3O3. The van der Waals surface area contributed by atoms with E-state index in [1.807, 2.05) is 0 Å². The van der Waals surface area contributed by atoms with Crippen LogP contribution in [0.2, 0.25) is 0 Å². The molecule has 1 aliphatic rings. The van der Waals surface area contributed by atoms with Gasteiger partial charge in [-0.05, 0) is 44.0 Å². The Morgan fingerprint density at radius 2 is 2.15 bits per heavy atom. The summed E-state index contributed by atoms with van der Waals surface area (Å²) in [6.07, 6.45) is 4.03. The van der Waals surface area contributed by atoms with Gasteiger partial charge in [0.2, 0.25) is 5.91 Å². The number of pyridine rings is 1. The highest BCUT2D eigenvalue weighted by Gasteiger charge is 2.16. The van der Waals surface area contributed by atoms with Crippen molar-refractivity contribution in [3.05, 3.63) is 29.6 Å². The normalized spacial score (nSPS) is 15.8. The number of hydrogen-bond donors (Lipinski definition) is 3. The average Bonchev–Trinajstić information content (AvgIpc) is 2.46. The van der Waals surface area contributed by atoms with Crippen LogP contribution in [0.3, 0.4) is 0 Å². The molecule has 1 saturated heterocycles. The second-order valence-electron chi connectivity index (χ2n) is 5.02. The van der Waals surface area contributed by atoms with Gasteiger partial charge in [-0.25, -0.2) is 4.79 Å². The van der Waals surface area contributed by atoms with Gasteiger partial charge in [-0.2, -0.15) is 0 Å². The van der Waals surface area contributed by atoms with Crippen LogP contribution < -0.4 is 10.6 Å². The summed E-state index contributed by atoms with van der Waals surface area (Å²) in [5.74, 6) is -0.552. The van der Waals surface area contributed by atoms with Crippen LogP contribution >= 0.6 is 0 Å². The van der Waals surface area contributed by atoms with E-state index in [1.54, 1.807) is 0 Å². The van der Waals surface area contributed by atoms with Gasteiger partial charge < -0.3 is 15.7 Å². The Morgan fingerprint density at radius 1 is 1.40 bits per heavy atom. The van der Waals surface area contributed by atoms with E-state index in [1.165, 1.54) is 18.3 Å². The van der Waals surface area contributed by atoms with Gasteiger partial charge in [-0.3, -0.25) is 9.78 Å². The lowest BCUT2D eigenvalue weighted by Gasteiger charge is -2.21. The number of aromatic nitrogens is 1. The highest BCUT2D eigenvalue weighted by molar-refractivity contribution is 5.87. The molecule has 0 unspecified atom stereocenters. The van der Waals surface area contributed by atoms with E-state index in [4.69, 9.17) is 5.11 Å². The molecule has 1 aromatic heterocycles. The van der Waals surface area contributed by atoms with Crippen molar-refractivity contribution in [1.29, 1.82) is 0 Å². The Morgan fingerprint density at radius 3 is 2.85 bits per heavy atom. The van der Waals surface area contributed by atoms with Crippen molar-refractivity contribution in [2.45, 2.75) is 25.8 Å². The van der Waals surface area contributed by atoms with Crippen molar-refractivity contribution in [3.63, 3.8) is 0 Å². The highest BCUT2D eigenvalue weighted by Crippen LogP contribution is 2.15. The fourth-order valence-corrected chi connectivity index (χ4v) is 2.32. The molecule has 3 N–H and O–H groups in total. The predicted molar refractivity (Wildman–Crippen MR) is 73.3 cm³/mol. The molecule has 0 atom stereocenters. The van der Waals surface area contributed by atoms with Gasteiger partial charge >= 0.3 is 5.97 Å². The zero-order valence-corrected chi connectivity index (χ0v) is 11.3. The Bertz CT molecular complexity index is 484. The molecule has 20 heavy (non-hydrogen) atoms. The number of amides is 1. The topological polar surface area (TPSA) is 91.3 Å². The molecule has 0 saturated carbocycles. The van der Waals surface area contributed by atoms with Crippen LogP contribution in [0.5, 0.6) is 0 Å². The molecule has 0 aliphatic carbocycles. The number of carbonyl (C=O) groups is 2. The predicted octanol–water partition coefficient (Wildman–Crippen LogP) is 0.786. The van der Waals surface area contributed by atoms with E-state index in [-0.39, 0.29) is 18.0 Å². The molecule has 0 radical (unpaired) electrons. The van der Waals surface area contributed by atoms with E-state index in [0.29, 0.717) is 18.0 Å². The maximum absolute atomic E-state index is 11.8. The van der Waals surface area contributed by atoms with Crippen LogP contribution in [-0.2, 0) is 11.3 Å². The third-order valence-electron chi connectivity index (χ3n) is 3.46. The Balaban J connectivity index is 1.80. The monoisotopic (exact) mass is 277 g/mol. The third-order valence-corrected chi connectivity index (χ3v) is 3.46. The molecule has 2 rings (SSSR count). The summed E-state index contributed by atoms with van der Waals surface area (Å²) in [5.41, 5.74) is 0.742. The molecule has 1 amide bonds. The van der Waals surface area contributed by atoms with E-state index in [9.17, 15) is 9.59 Å². The molecular weight excluding hydrogens is 258 g/mol. The van der Waals surface area contributed by atoms with Gasteiger partial charge in [0.1, 0.15) is 0 Å². The standard InChI is InChI=1S/C14H19N3O3/c18-13(7-10-1-4-15-5-2-10)17-9-12-8-11(14(19)20)3-6-16-12/h3,6,8,10,15H,1-2,4-5,7,9H2,(H,17,18)(H,19,20). The van der Waals surface area contributed by atoms with E-state index < -0.39 is 5.97 Å². The summed E-state index contributed by atoms with van der Waals surface area (Å²) in [7, 11) is 0. The number of piperidine rings is 1. The Kier molecular flexibility index (Phi) is 5.06. The minimum atomic E-state index is -0.991. The number of nitrogens with one attached hydrogen (secondary N) is 2. The van der Waals surface area contributed by atoms with Crippen molar-refractivity contribution < 1.29 is 14.7 Å². The summed E-state index contributed by atoms with van der Waals surface area (Å²) in [5, 5.41) is 14.9. The largest absolute Gasteiger partial charge is 0.478 e. The van der Waals surface area contributed by atoms with Crippen LogP contribution in [0.25, 0.3) is 0 Å². The molecule has 108 valence electrons. The Labute approximate surface area is 117 Å². The minimum Gasteiger partial charge on any atom is -0.478 e. The second kappa shape index (κ2) is 7.00. The van der Waals surface area contributed by atoms with Crippen molar-refractivity contribution in [1.82, 2.24) is 15.6 Å². The molecule has 0 bridgehead atoms. The van der Waals surface area contributed by atoms with E-state index in [0.717, 1.165) is 25.9 Å². The van der Waals surface area contributed by atoms with Gasteiger partial charge in [0, 0.05) is 12.6 Å². The van der Waals surface area contributed by atoms with Gasteiger partial charge in [0.25, 0.3) is 0 Å². The zero-order valence-electron chi connectivity index (χ0n) is 11.3. The van der Waals surface area contributed by atoms with Crippen LogP contribution in [0, 0.1) is 5.92 Å². The maximum Gasteiger partial charge on any atom is 0.335 e. The number of nitrogens with zero attached hydrogens (tertiary/aromatic N) is 1. The number of carbonyl (C=O) groups excluding carboxylic acids is 1. The highest BCUT2D eigenvalue weighted by atomic mass is 16.4. The molecule has 6 nitrogen and oxygen atoms in total. The number of aromatic carboxylic acids is 1. The van der Waals surface area contributed by atoms with Gasteiger partial charge in [-0.1, -0.05) is 0 Å². The van der Waals surface area contributed by atoms with Crippen LogP contribution in [-0.4, -0.2) is 35.1 Å². The lowest BCUT2D eigenvalue weighted by molar-refractivity contribution is -0.122. The fourth-order valence-electron chi connectivity index (χ4n) is 2.32. The van der Waals surface area contributed by atoms with Crippen molar-refractivity contribution >= 4 is 11.9 Å². The quantitative estimate of drug-likeness (QED) is 0.740. The molecule has 2 heterocycles. The van der Waals surface area contributed by atoms with Crippen molar-refractivity contribution in [2.75, 3.05) is 13.1 Å². The maximum atomic E-state index is 11.8. The van der Waals surface area contributed by atoms with Crippen LogP contribution in [0.1, 0.15) is 35.3 Å². The summed E-state index contributed by atoms with van der Waals surface area (Å²) in [6.45, 7) is 2.21. The molecule has 1 aromatic rings. The summed E-state index contributed by atoms with van der Waals surface area (Å²) in [6, 6.07) is 2.91. The number of carboxylic acids is 1. The Hall–Kier alpha value is -1.95. The lowest BCUT2D eigenvalue weighted by atomic mass is 9.94. The number of hydrogen-bond acceptors (Lipinski definition) is 4. The number of rotatable bonds is 5. The fraction of sp³-hybridized carbons (Fsp3) is 0.500. The van der Waals surface area contributed by atoms with Crippen LogP contribution in [0.15, 0.2) is 18.3 Å². The minimum absolute atomic E-state index is 0.000530. The first-order valence-electron chi connectivity index (χ1n) is 6.81. The van der Waals surface area contributed by atoms with Gasteiger partial charge in [0.05, 0.1) is 17.8 Å². The first kappa shape index (κ1) is 14.5. The van der Waals surface area contributed by atoms with Crippen molar-refractivity contribution in [3.8, 4) is 0 Å². The van der Waals surface area contributed by atoms with E-state index in [2.05, 4.69) is 15.6 Å². The van der Waals surface area contributed by atoms with Gasteiger partial charge in [0.15, 0.2) is 0 Å². The molecule has 0 aromatic carbocycles. The first-order valence-corrected chi connectivity index (χ1v) is 6.81. The van der Waals surface area contributed by atoms with Crippen molar-refractivity contribution in [2.24, 2.45) is 5.92 Å². The van der Waals surface area contributed by atoms with Crippen LogP contribution in [0.4, 0.5) is 0 Å². The molecule has 1 fully saturated rings. The number of carboxylic acid groups (broad SMARTS) is 1. The second-order valence-corrected chi connectivity index (χ2v) is 5.02. The van der Waals surface area contributed by atoms with Gasteiger partial charge in [-0.15, -0.1) is 0 Å². The smallest absolute Gasteiger partial charge is 0.335 e. The summed E-state index contributed by atoms with van der Waals surface area (Å²) < 4.78 is 0. The average molecular weight is 277 g/mol. The van der Waals surface area contributed by atoms with E-state index >= 15 is 0 Å². The SMILES string of the molecule is O=C(CC1CCNCC1)NCc1cc(C(=O)O)ccn1. The first-order chi connectivity index (χ1) is 9.65. The molecule has 0 spiro atoms. The summed E-state index contributed by atoms with van der Waals surface area (Å²) in [4.78, 5) is 26.7. The molecule has 6 heteroatoms. The molecule has 1 aliphatic heterocycles. The summed E-state index contributed by atoms with van der Waals surface area (Å²) >= 11 is 0. The zero-order chi connectivity index (χ0) is 14.4.